The van der Waals surface area contributed by atoms with E-state index in [1.807, 2.05) is 0 Å². The normalized spacial score (nSPS) is 23.0. The van der Waals surface area contributed by atoms with E-state index in [-0.39, 0.29) is 29.0 Å². The molecule has 2 fully saturated rings. The van der Waals surface area contributed by atoms with Crippen LogP contribution in [-0.2, 0) is 11.2 Å². The fraction of sp³-hybridized carbons (Fsp3) is 0.391. The molecule has 0 bridgehead atoms. The van der Waals surface area contributed by atoms with Gasteiger partial charge in [0.25, 0.3) is 5.91 Å². The zero-order chi connectivity index (χ0) is 22.4. The Morgan fingerprint density at radius 2 is 1.88 bits per heavy atom. The number of hydrogen-bond acceptors (Lipinski definition) is 4. The third kappa shape index (κ3) is 3.82. The number of urea groups is 1. The van der Waals surface area contributed by atoms with Crippen LogP contribution >= 0.6 is 11.6 Å². The van der Waals surface area contributed by atoms with Gasteiger partial charge in [-0.1, -0.05) is 24.4 Å². The Kier molecular flexibility index (Phi) is 5.51. The summed E-state index contributed by atoms with van der Waals surface area (Å²) in [5.74, 6) is -1.62. The number of carbonyl (C=O) groups is 2. The molecule has 9 heteroatoms. The van der Waals surface area contributed by atoms with Crippen LogP contribution in [0, 0.1) is 11.6 Å². The molecule has 32 heavy (non-hydrogen) atoms. The first-order valence-electron chi connectivity index (χ1n) is 10.7. The molecule has 3 amide bonds. The van der Waals surface area contributed by atoms with Crippen LogP contribution in [0.15, 0.2) is 30.3 Å². The molecule has 2 N–H and O–H groups in total. The zero-order valence-corrected chi connectivity index (χ0v) is 17.9. The quantitative estimate of drug-likeness (QED) is 0.653. The zero-order valence-electron chi connectivity index (χ0n) is 17.2. The highest BCUT2D eigenvalue weighted by Crippen LogP contribution is 2.40. The van der Waals surface area contributed by atoms with Gasteiger partial charge in [-0.15, -0.1) is 0 Å². The molecule has 0 radical (unpaired) electrons. The molecule has 168 valence electrons. The Hall–Kier alpha value is -2.71. The van der Waals surface area contributed by atoms with E-state index >= 15 is 0 Å². The van der Waals surface area contributed by atoms with Gasteiger partial charge < -0.3 is 15.4 Å². The summed E-state index contributed by atoms with van der Waals surface area (Å²) in [7, 11) is 0. The van der Waals surface area contributed by atoms with Gasteiger partial charge in [0.05, 0.1) is 18.3 Å². The van der Waals surface area contributed by atoms with Gasteiger partial charge in [-0.2, -0.15) is 0 Å². The van der Waals surface area contributed by atoms with Crippen LogP contribution in [-0.4, -0.2) is 30.6 Å². The highest BCUT2D eigenvalue weighted by atomic mass is 35.5. The Bertz CT molecular complexity index is 1070. The lowest BCUT2D eigenvalue weighted by Gasteiger charge is -2.26. The third-order valence-electron chi connectivity index (χ3n) is 6.37. The summed E-state index contributed by atoms with van der Waals surface area (Å²) < 4.78 is 35.6. The average molecular weight is 462 g/mol. The number of nitrogens with one attached hydrogen (secondary N) is 2. The van der Waals surface area contributed by atoms with Crippen molar-refractivity contribution in [1.82, 2.24) is 10.6 Å². The van der Waals surface area contributed by atoms with E-state index in [9.17, 15) is 18.4 Å². The minimum atomic E-state index is -0.717. The van der Waals surface area contributed by atoms with Crippen LogP contribution in [0.5, 0.6) is 5.75 Å². The van der Waals surface area contributed by atoms with Gasteiger partial charge in [0, 0.05) is 22.7 Å². The molecule has 6 nitrogen and oxygen atoms in total. The summed E-state index contributed by atoms with van der Waals surface area (Å²) in [4.78, 5) is 24.6. The van der Waals surface area contributed by atoms with Crippen molar-refractivity contribution in [2.24, 2.45) is 0 Å². The van der Waals surface area contributed by atoms with Gasteiger partial charge in [-0.3, -0.25) is 4.79 Å². The van der Waals surface area contributed by atoms with E-state index in [4.69, 9.17) is 16.3 Å². The van der Waals surface area contributed by atoms with Crippen molar-refractivity contribution >= 4 is 29.2 Å². The van der Waals surface area contributed by atoms with Crippen molar-refractivity contribution in [3.8, 4) is 5.75 Å². The van der Waals surface area contributed by atoms with Gasteiger partial charge in [0.2, 0.25) is 0 Å². The van der Waals surface area contributed by atoms with Crippen LogP contribution in [0.4, 0.5) is 19.3 Å². The van der Waals surface area contributed by atoms with Crippen LogP contribution in [0.3, 0.4) is 0 Å². The summed E-state index contributed by atoms with van der Waals surface area (Å²) in [6, 6.07) is 6.36. The molecule has 2 aromatic rings. The molecule has 1 saturated carbocycles. The molecule has 1 aliphatic heterocycles. The Morgan fingerprint density at radius 3 is 2.56 bits per heavy atom. The minimum Gasteiger partial charge on any atom is -0.481 e. The molecule has 2 aliphatic carbocycles. The molecule has 5 rings (SSSR count). The van der Waals surface area contributed by atoms with Crippen LogP contribution in [0.25, 0.3) is 0 Å². The number of halogens is 3. The Morgan fingerprint density at radius 1 is 1.09 bits per heavy atom. The number of hydrogen-bond donors (Lipinski definition) is 2. The first-order chi connectivity index (χ1) is 15.4. The SMILES string of the molecule is O=C1CNC(=O)N1c1ccc(OC2c3cc(Cl)cc(F)c3CC2NC2CCCC2)c(F)c1. The van der Waals surface area contributed by atoms with Crippen molar-refractivity contribution in [1.29, 1.82) is 0 Å². The van der Waals surface area contributed by atoms with Crippen molar-refractivity contribution in [3.63, 3.8) is 0 Å². The molecule has 2 atom stereocenters. The monoisotopic (exact) mass is 461 g/mol. The maximum absolute atomic E-state index is 15.0. The molecular formula is C23H22ClF2N3O3. The van der Waals surface area contributed by atoms with E-state index in [1.54, 1.807) is 6.07 Å². The summed E-state index contributed by atoms with van der Waals surface area (Å²) >= 11 is 6.10. The standard InChI is InChI=1S/C23H22ClF2N3O3/c24-12-7-16-15(17(25)8-12)10-19(28-13-3-1-2-4-13)22(16)32-20-6-5-14(9-18(20)26)29-21(30)11-27-23(29)31/h5-9,13,19,22,28H,1-4,10-11H2,(H,27,31). The van der Waals surface area contributed by atoms with Crippen molar-refractivity contribution in [2.75, 3.05) is 11.4 Å². The van der Waals surface area contributed by atoms with Crippen molar-refractivity contribution in [2.45, 2.75) is 50.3 Å². The van der Waals surface area contributed by atoms with Crippen LogP contribution in [0.1, 0.15) is 42.9 Å². The van der Waals surface area contributed by atoms with Crippen LogP contribution < -0.4 is 20.3 Å². The van der Waals surface area contributed by atoms with Gasteiger partial charge in [0.1, 0.15) is 11.9 Å². The second kappa shape index (κ2) is 8.33. The van der Waals surface area contributed by atoms with E-state index < -0.39 is 29.7 Å². The summed E-state index contributed by atoms with van der Waals surface area (Å²) in [5, 5.41) is 6.22. The van der Waals surface area contributed by atoms with Crippen LogP contribution in [0.2, 0.25) is 5.02 Å². The number of amides is 3. The molecule has 1 saturated heterocycles. The third-order valence-corrected chi connectivity index (χ3v) is 6.58. The molecule has 2 aromatic carbocycles. The number of nitrogens with zero attached hydrogens (tertiary/aromatic N) is 1. The van der Waals surface area contributed by atoms with E-state index in [0.29, 0.717) is 23.6 Å². The fourth-order valence-corrected chi connectivity index (χ4v) is 5.08. The Balaban J connectivity index is 1.44. The maximum Gasteiger partial charge on any atom is 0.329 e. The number of imide groups is 1. The number of ether oxygens (including phenoxy) is 1. The van der Waals surface area contributed by atoms with Gasteiger partial charge in [-0.05, 0) is 49.1 Å². The van der Waals surface area contributed by atoms with E-state index in [1.165, 1.54) is 18.2 Å². The second-order valence-electron chi connectivity index (χ2n) is 8.46. The molecular weight excluding hydrogens is 440 g/mol. The fourth-order valence-electron chi connectivity index (χ4n) is 4.87. The summed E-state index contributed by atoms with van der Waals surface area (Å²) in [5.41, 5.74) is 1.24. The lowest BCUT2D eigenvalue weighted by atomic mass is 10.1. The predicted molar refractivity (Wildman–Crippen MR) is 115 cm³/mol. The smallest absolute Gasteiger partial charge is 0.329 e. The number of anilines is 1. The van der Waals surface area contributed by atoms with Crippen molar-refractivity contribution in [3.05, 3.63) is 58.1 Å². The first-order valence-corrected chi connectivity index (χ1v) is 11.1. The maximum atomic E-state index is 15.0. The summed E-state index contributed by atoms with van der Waals surface area (Å²) in [6.45, 7) is -0.127. The lowest BCUT2D eigenvalue weighted by molar-refractivity contribution is -0.115. The molecule has 2 unspecified atom stereocenters. The topological polar surface area (TPSA) is 70.7 Å². The lowest BCUT2D eigenvalue weighted by Crippen LogP contribution is -2.41. The number of benzene rings is 2. The Labute approximate surface area is 188 Å². The first kappa shape index (κ1) is 21.2. The molecule has 3 aliphatic rings. The minimum absolute atomic E-state index is 0.0442. The average Bonchev–Trinajstić information content (AvgIpc) is 3.45. The second-order valence-corrected chi connectivity index (χ2v) is 8.89. The molecule has 0 aromatic heterocycles. The summed E-state index contributed by atoms with van der Waals surface area (Å²) in [6.07, 6.45) is 4.15. The van der Waals surface area contributed by atoms with E-state index in [0.717, 1.165) is 36.6 Å². The largest absolute Gasteiger partial charge is 0.481 e. The van der Waals surface area contributed by atoms with Gasteiger partial charge >= 0.3 is 6.03 Å². The molecule has 0 spiro atoms. The van der Waals surface area contributed by atoms with Crippen molar-refractivity contribution < 1.29 is 23.1 Å². The van der Waals surface area contributed by atoms with Gasteiger partial charge in [0.15, 0.2) is 11.6 Å². The highest BCUT2D eigenvalue weighted by Gasteiger charge is 2.38. The number of fused-ring (bicyclic) bond motifs is 1. The number of rotatable bonds is 5. The van der Waals surface area contributed by atoms with Gasteiger partial charge in [-0.25, -0.2) is 18.5 Å². The highest BCUT2D eigenvalue weighted by molar-refractivity contribution is 6.30. The molecule has 1 heterocycles. The predicted octanol–water partition coefficient (Wildman–Crippen LogP) is 4.25. The number of carbonyl (C=O) groups excluding carboxylic acids is 2. The van der Waals surface area contributed by atoms with E-state index in [2.05, 4.69) is 10.6 Å².